The highest BCUT2D eigenvalue weighted by Crippen LogP contribution is 2.30. The van der Waals surface area contributed by atoms with Gasteiger partial charge in [0, 0.05) is 13.0 Å². The first-order chi connectivity index (χ1) is 10.2. The van der Waals surface area contributed by atoms with Crippen molar-refractivity contribution in [3.05, 3.63) is 51.9 Å². The molecule has 0 bridgehead atoms. The fourth-order valence-electron chi connectivity index (χ4n) is 1.84. The van der Waals surface area contributed by atoms with Crippen molar-refractivity contribution in [1.29, 1.82) is 0 Å². The van der Waals surface area contributed by atoms with Crippen molar-refractivity contribution in [3.8, 4) is 11.4 Å². The molecule has 1 aromatic heterocycles. The van der Waals surface area contributed by atoms with E-state index >= 15 is 0 Å². The monoisotopic (exact) mass is 312 g/mol. The second-order valence-corrected chi connectivity index (χ2v) is 4.42. The van der Waals surface area contributed by atoms with Crippen LogP contribution in [0.15, 0.2) is 35.1 Å². The minimum atomic E-state index is -4.55. The zero-order chi connectivity index (χ0) is 16.5. The lowest BCUT2D eigenvalue weighted by Crippen LogP contribution is -2.24. The summed E-state index contributed by atoms with van der Waals surface area (Å²) in [7, 11) is 1.26. The SMILES string of the molecule is COc1cc(=O)n(-c2cccc(C(F)(F)F)c2)nc1C(C)=O. The van der Waals surface area contributed by atoms with E-state index < -0.39 is 23.1 Å². The van der Waals surface area contributed by atoms with Gasteiger partial charge in [-0.3, -0.25) is 9.59 Å². The van der Waals surface area contributed by atoms with E-state index in [0.29, 0.717) is 0 Å². The Morgan fingerprint density at radius 3 is 2.50 bits per heavy atom. The first-order valence-electron chi connectivity index (χ1n) is 6.11. The average Bonchev–Trinajstić information content (AvgIpc) is 2.45. The standard InChI is InChI=1S/C14H11F3N2O3/c1-8(20)13-11(22-2)7-12(21)19(18-13)10-5-3-4-9(6-10)14(15,16)17/h3-7H,1-2H3. The zero-order valence-corrected chi connectivity index (χ0v) is 11.6. The summed E-state index contributed by atoms with van der Waals surface area (Å²) in [5.41, 5.74) is -1.86. The lowest BCUT2D eigenvalue weighted by atomic mass is 10.2. The number of nitrogens with zero attached hydrogens (tertiary/aromatic N) is 2. The number of ketones is 1. The van der Waals surface area contributed by atoms with Crippen molar-refractivity contribution >= 4 is 5.78 Å². The Balaban J connectivity index is 2.65. The van der Waals surface area contributed by atoms with Gasteiger partial charge in [-0.1, -0.05) is 6.07 Å². The van der Waals surface area contributed by atoms with Crippen LogP contribution >= 0.6 is 0 Å². The van der Waals surface area contributed by atoms with Gasteiger partial charge in [0.05, 0.1) is 18.4 Å². The lowest BCUT2D eigenvalue weighted by molar-refractivity contribution is -0.137. The lowest BCUT2D eigenvalue weighted by Gasteiger charge is -2.11. The molecule has 0 saturated carbocycles. The number of ether oxygens (including phenoxy) is 1. The van der Waals surface area contributed by atoms with Gasteiger partial charge in [-0.15, -0.1) is 0 Å². The molecule has 0 spiro atoms. The average molecular weight is 312 g/mol. The summed E-state index contributed by atoms with van der Waals surface area (Å²) >= 11 is 0. The molecule has 1 heterocycles. The molecular weight excluding hydrogens is 301 g/mol. The number of benzene rings is 1. The number of rotatable bonds is 3. The Hall–Kier alpha value is -2.64. The molecule has 0 aliphatic rings. The normalized spacial score (nSPS) is 11.3. The fraction of sp³-hybridized carbons (Fsp3) is 0.214. The molecule has 0 radical (unpaired) electrons. The van der Waals surface area contributed by atoms with Gasteiger partial charge < -0.3 is 4.74 Å². The van der Waals surface area contributed by atoms with E-state index in [1.807, 2.05) is 0 Å². The molecule has 0 fully saturated rings. The molecule has 22 heavy (non-hydrogen) atoms. The van der Waals surface area contributed by atoms with Crippen molar-refractivity contribution in [3.63, 3.8) is 0 Å². The summed E-state index contributed by atoms with van der Waals surface area (Å²) in [4.78, 5) is 23.5. The molecule has 2 aromatic rings. The van der Waals surface area contributed by atoms with E-state index in [2.05, 4.69) is 5.10 Å². The van der Waals surface area contributed by atoms with Crippen LogP contribution in [-0.2, 0) is 6.18 Å². The topological polar surface area (TPSA) is 61.2 Å². The number of halogens is 3. The largest absolute Gasteiger partial charge is 0.494 e. The molecular formula is C14H11F3N2O3. The van der Waals surface area contributed by atoms with E-state index in [9.17, 15) is 22.8 Å². The van der Waals surface area contributed by atoms with Crippen LogP contribution in [0.2, 0.25) is 0 Å². The first-order valence-corrected chi connectivity index (χ1v) is 6.11. The molecule has 8 heteroatoms. The van der Waals surface area contributed by atoms with Gasteiger partial charge in [-0.05, 0) is 18.2 Å². The third kappa shape index (κ3) is 3.00. The van der Waals surface area contributed by atoms with Crippen LogP contribution in [0.25, 0.3) is 5.69 Å². The van der Waals surface area contributed by atoms with E-state index in [-0.39, 0.29) is 17.1 Å². The van der Waals surface area contributed by atoms with Gasteiger partial charge in [-0.25, -0.2) is 0 Å². The Kier molecular flexibility index (Phi) is 4.03. The van der Waals surface area contributed by atoms with Crippen LogP contribution in [0.4, 0.5) is 13.2 Å². The highest BCUT2D eigenvalue weighted by Gasteiger charge is 2.30. The Labute approximate surface area is 122 Å². The molecule has 0 saturated heterocycles. The summed E-state index contributed by atoms with van der Waals surface area (Å²) in [6.07, 6.45) is -4.55. The first kappa shape index (κ1) is 15.7. The number of carbonyl (C=O) groups excluding carboxylic acids is 1. The van der Waals surface area contributed by atoms with Crippen LogP contribution in [-0.4, -0.2) is 22.7 Å². The third-order valence-corrected chi connectivity index (χ3v) is 2.87. The van der Waals surface area contributed by atoms with Gasteiger partial charge in [0.2, 0.25) is 0 Å². The minimum Gasteiger partial charge on any atom is -0.494 e. The molecule has 2 rings (SSSR count). The summed E-state index contributed by atoms with van der Waals surface area (Å²) in [5.74, 6) is -0.502. The van der Waals surface area contributed by atoms with E-state index in [1.54, 1.807) is 0 Å². The summed E-state index contributed by atoms with van der Waals surface area (Å²) < 4.78 is 43.8. The molecule has 0 aliphatic carbocycles. The van der Waals surface area contributed by atoms with Crippen LogP contribution in [0.3, 0.4) is 0 Å². The van der Waals surface area contributed by atoms with Crippen molar-refractivity contribution in [2.45, 2.75) is 13.1 Å². The number of aromatic nitrogens is 2. The Bertz CT molecular complexity index is 782. The maximum absolute atomic E-state index is 12.7. The number of hydrogen-bond donors (Lipinski definition) is 0. The molecule has 1 aromatic carbocycles. The van der Waals surface area contributed by atoms with Crippen molar-refractivity contribution in [2.24, 2.45) is 0 Å². The Morgan fingerprint density at radius 2 is 1.95 bits per heavy atom. The minimum absolute atomic E-state index is 0.0271. The predicted molar refractivity (Wildman–Crippen MR) is 71.4 cm³/mol. The smallest absolute Gasteiger partial charge is 0.416 e. The quantitative estimate of drug-likeness (QED) is 0.817. The molecule has 0 unspecified atom stereocenters. The second-order valence-electron chi connectivity index (χ2n) is 4.42. The zero-order valence-electron chi connectivity index (χ0n) is 11.6. The maximum Gasteiger partial charge on any atom is 0.416 e. The molecule has 5 nitrogen and oxygen atoms in total. The highest BCUT2D eigenvalue weighted by atomic mass is 19.4. The van der Waals surface area contributed by atoms with E-state index in [0.717, 1.165) is 28.9 Å². The molecule has 0 N–H and O–H groups in total. The van der Waals surface area contributed by atoms with Crippen LogP contribution in [0, 0.1) is 0 Å². The number of hydrogen-bond acceptors (Lipinski definition) is 4. The van der Waals surface area contributed by atoms with Crippen LogP contribution in [0.1, 0.15) is 23.0 Å². The van der Waals surface area contributed by atoms with Gasteiger partial charge in [0.1, 0.15) is 0 Å². The highest BCUT2D eigenvalue weighted by molar-refractivity contribution is 5.94. The third-order valence-electron chi connectivity index (χ3n) is 2.87. The molecule has 0 amide bonds. The van der Waals surface area contributed by atoms with Crippen molar-refractivity contribution in [2.75, 3.05) is 7.11 Å². The summed E-state index contributed by atoms with van der Waals surface area (Å²) in [6.45, 7) is 1.21. The van der Waals surface area contributed by atoms with Crippen molar-refractivity contribution in [1.82, 2.24) is 9.78 Å². The molecule has 116 valence electrons. The van der Waals surface area contributed by atoms with Crippen LogP contribution in [0.5, 0.6) is 5.75 Å². The molecule has 0 aliphatic heterocycles. The van der Waals surface area contributed by atoms with Gasteiger partial charge in [0.25, 0.3) is 5.56 Å². The predicted octanol–water partition coefficient (Wildman–Crippen LogP) is 2.46. The fourth-order valence-corrected chi connectivity index (χ4v) is 1.84. The van der Waals surface area contributed by atoms with E-state index in [4.69, 9.17) is 4.74 Å². The summed E-state index contributed by atoms with van der Waals surface area (Å²) in [6, 6.07) is 5.11. The van der Waals surface area contributed by atoms with Gasteiger partial charge in [0.15, 0.2) is 17.2 Å². The number of alkyl halides is 3. The Morgan fingerprint density at radius 1 is 1.27 bits per heavy atom. The number of Topliss-reactive ketones (excluding diaryl/α,β-unsaturated/α-hetero) is 1. The van der Waals surface area contributed by atoms with E-state index in [1.165, 1.54) is 20.1 Å². The van der Waals surface area contributed by atoms with Gasteiger partial charge >= 0.3 is 6.18 Å². The molecule has 0 atom stereocenters. The van der Waals surface area contributed by atoms with Crippen molar-refractivity contribution < 1.29 is 22.7 Å². The number of methoxy groups -OCH3 is 1. The van der Waals surface area contributed by atoms with Gasteiger partial charge in [-0.2, -0.15) is 23.0 Å². The summed E-state index contributed by atoms with van der Waals surface area (Å²) in [5, 5.41) is 3.80. The van der Waals surface area contributed by atoms with Crippen LogP contribution < -0.4 is 10.3 Å². The number of carbonyl (C=O) groups is 1. The maximum atomic E-state index is 12.7. The second kappa shape index (κ2) is 5.63.